The van der Waals surface area contributed by atoms with Crippen LogP contribution in [0.4, 0.5) is 0 Å². The van der Waals surface area contributed by atoms with E-state index >= 15 is 0 Å². The molecule has 1 rings (SSSR count). The summed E-state index contributed by atoms with van der Waals surface area (Å²) in [5, 5.41) is 10.2. The van der Waals surface area contributed by atoms with Gasteiger partial charge in [-0.15, -0.1) is 0 Å². The number of carbonyl (C=O) groups is 1. The van der Waals surface area contributed by atoms with Crippen LogP contribution in [-0.2, 0) is 9.53 Å². The van der Waals surface area contributed by atoms with E-state index in [1.807, 2.05) is 0 Å². The fourth-order valence-electron chi connectivity index (χ4n) is 2.41. The van der Waals surface area contributed by atoms with Crippen molar-refractivity contribution in [1.82, 2.24) is 0 Å². The van der Waals surface area contributed by atoms with E-state index < -0.39 is 5.60 Å². The predicted molar refractivity (Wildman–Crippen MR) is 76.4 cm³/mol. The monoisotopic (exact) mass is 269 g/mol. The van der Waals surface area contributed by atoms with Crippen LogP contribution in [0.15, 0.2) is 4.99 Å². The van der Waals surface area contributed by atoms with Crippen LogP contribution >= 0.6 is 0 Å². The van der Waals surface area contributed by atoms with Crippen LogP contribution in [0.25, 0.3) is 0 Å². The highest BCUT2D eigenvalue weighted by atomic mass is 16.5. The van der Waals surface area contributed by atoms with Gasteiger partial charge in [0.15, 0.2) is 0 Å². The minimum atomic E-state index is -0.974. The van der Waals surface area contributed by atoms with Gasteiger partial charge in [0.05, 0.1) is 12.2 Å². The van der Waals surface area contributed by atoms with E-state index in [-0.39, 0.29) is 12.5 Å². The average molecular weight is 269 g/mol. The smallest absolute Gasteiger partial charge is 0.327 e. The second-order valence-corrected chi connectivity index (χ2v) is 6.56. The summed E-state index contributed by atoms with van der Waals surface area (Å²) in [4.78, 5) is 15.7. The van der Waals surface area contributed by atoms with E-state index in [1.165, 1.54) is 12.8 Å². The number of hydrogen-bond acceptors (Lipinski definition) is 4. The minimum absolute atomic E-state index is 0.000309. The fraction of sp³-hybridized carbons (Fsp3) is 0.867. The first-order chi connectivity index (χ1) is 8.66. The number of esters is 1. The Labute approximate surface area is 116 Å². The third-order valence-corrected chi connectivity index (χ3v) is 4.09. The van der Waals surface area contributed by atoms with Crippen molar-refractivity contribution in [2.45, 2.75) is 59.5 Å². The third-order valence-electron chi connectivity index (χ3n) is 4.09. The van der Waals surface area contributed by atoms with E-state index in [4.69, 9.17) is 4.74 Å². The molecule has 0 saturated heterocycles. The largest absolute Gasteiger partial charge is 0.465 e. The van der Waals surface area contributed by atoms with Gasteiger partial charge in [0.1, 0.15) is 6.54 Å². The highest BCUT2D eigenvalue weighted by Crippen LogP contribution is 2.48. The summed E-state index contributed by atoms with van der Waals surface area (Å²) in [5.74, 6) is 0.206. The Morgan fingerprint density at radius 2 is 2.11 bits per heavy atom. The lowest BCUT2D eigenvalue weighted by Gasteiger charge is -2.45. The normalized spacial score (nSPS) is 22.8. The molecule has 1 N–H and O–H groups in total. The molecule has 1 aliphatic rings. The van der Waals surface area contributed by atoms with Crippen LogP contribution in [0.3, 0.4) is 0 Å². The van der Waals surface area contributed by atoms with Crippen molar-refractivity contribution in [2.75, 3.05) is 13.2 Å². The molecule has 1 unspecified atom stereocenters. The molecule has 0 aromatic rings. The van der Waals surface area contributed by atoms with E-state index in [0.717, 1.165) is 6.42 Å². The maximum Gasteiger partial charge on any atom is 0.327 e. The summed E-state index contributed by atoms with van der Waals surface area (Å²) < 4.78 is 4.86. The summed E-state index contributed by atoms with van der Waals surface area (Å²) in [6.07, 6.45) is 3.14. The molecular weight excluding hydrogens is 242 g/mol. The van der Waals surface area contributed by atoms with Gasteiger partial charge in [-0.2, -0.15) is 0 Å². The first kappa shape index (κ1) is 16.2. The van der Waals surface area contributed by atoms with Crippen molar-refractivity contribution >= 4 is 11.7 Å². The molecule has 19 heavy (non-hydrogen) atoms. The maximum absolute atomic E-state index is 11.4. The zero-order valence-electron chi connectivity index (χ0n) is 12.8. The van der Waals surface area contributed by atoms with E-state index in [1.54, 1.807) is 20.8 Å². The topological polar surface area (TPSA) is 58.9 Å². The van der Waals surface area contributed by atoms with Crippen molar-refractivity contribution in [2.24, 2.45) is 16.3 Å². The molecule has 0 aromatic carbocycles. The molecule has 0 heterocycles. The van der Waals surface area contributed by atoms with Gasteiger partial charge < -0.3 is 9.84 Å². The van der Waals surface area contributed by atoms with Gasteiger partial charge in [-0.3, -0.25) is 9.79 Å². The lowest BCUT2D eigenvalue weighted by atomic mass is 9.60. The SMILES string of the molecule is CCOC(=O)C/N=C(/CC1CCC1(C)C)C(C)(C)O. The van der Waals surface area contributed by atoms with Gasteiger partial charge in [0, 0.05) is 5.71 Å². The van der Waals surface area contributed by atoms with Gasteiger partial charge in [0.2, 0.25) is 0 Å². The number of nitrogens with zero attached hydrogens (tertiary/aromatic N) is 1. The van der Waals surface area contributed by atoms with Crippen molar-refractivity contribution in [3.8, 4) is 0 Å². The van der Waals surface area contributed by atoms with Crippen LogP contribution in [-0.4, -0.2) is 35.5 Å². The molecule has 0 radical (unpaired) electrons. The number of carbonyl (C=O) groups excluding carboxylic acids is 1. The Hall–Kier alpha value is -0.900. The summed E-state index contributed by atoms with van der Waals surface area (Å²) in [6, 6.07) is 0. The molecule has 1 atom stereocenters. The van der Waals surface area contributed by atoms with Crippen molar-refractivity contribution in [3.05, 3.63) is 0 Å². The standard InChI is InChI=1S/C15H27NO3/c1-6-19-13(17)10-16-12(15(4,5)18)9-11-7-8-14(11,2)3/h11,18H,6-10H2,1-5H3/b16-12-. The first-order valence-electron chi connectivity index (χ1n) is 7.08. The van der Waals surface area contributed by atoms with E-state index in [9.17, 15) is 9.90 Å². The molecule has 1 fully saturated rings. The van der Waals surface area contributed by atoms with E-state index in [0.29, 0.717) is 23.7 Å². The Kier molecular flexibility index (Phi) is 5.13. The van der Waals surface area contributed by atoms with Gasteiger partial charge >= 0.3 is 5.97 Å². The summed E-state index contributed by atoms with van der Waals surface area (Å²) in [5.41, 5.74) is 0.0482. The van der Waals surface area contributed by atoms with Crippen molar-refractivity contribution < 1.29 is 14.6 Å². The zero-order chi connectivity index (χ0) is 14.7. The van der Waals surface area contributed by atoms with Crippen LogP contribution in [0.1, 0.15) is 53.9 Å². The van der Waals surface area contributed by atoms with Crippen molar-refractivity contribution in [1.29, 1.82) is 0 Å². The predicted octanol–water partition coefficient (Wildman–Crippen LogP) is 2.59. The molecule has 4 nitrogen and oxygen atoms in total. The molecule has 1 aliphatic carbocycles. The average Bonchev–Trinajstić information content (AvgIpc) is 2.26. The lowest BCUT2D eigenvalue weighted by molar-refractivity contribution is -0.141. The summed E-state index contributed by atoms with van der Waals surface area (Å²) in [7, 11) is 0. The molecule has 0 amide bonds. The highest BCUT2D eigenvalue weighted by molar-refractivity contribution is 5.93. The van der Waals surface area contributed by atoms with Gasteiger partial charge in [-0.1, -0.05) is 13.8 Å². The quantitative estimate of drug-likeness (QED) is 0.595. The summed E-state index contributed by atoms with van der Waals surface area (Å²) in [6.45, 7) is 10.1. The third kappa shape index (κ3) is 4.60. The van der Waals surface area contributed by atoms with Crippen LogP contribution in [0.5, 0.6) is 0 Å². The minimum Gasteiger partial charge on any atom is -0.465 e. The first-order valence-corrected chi connectivity index (χ1v) is 7.08. The molecule has 110 valence electrons. The Balaban J connectivity index is 2.68. The Morgan fingerprint density at radius 1 is 1.47 bits per heavy atom. The molecule has 4 heteroatoms. The van der Waals surface area contributed by atoms with E-state index in [2.05, 4.69) is 18.8 Å². The van der Waals surface area contributed by atoms with Gasteiger partial charge in [-0.05, 0) is 51.4 Å². The van der Waals surface area contributed by atoms with Crippen molar-refractivity contribution in [3.63, 3.8) is 0 Å². The Bertz CT molecular complexity index is 353. The van der Waals surface area contributed by atoms with Crippen LogP contribution < -0.4 is 0 Å². The molecule has 0 spiro atoms. The molecular formula is C15H27NO3. The number of rotatable bonds is 6. The maximum atomic E-state index is 11.4. The van der Waals surface area contributed by atoms with Gasteiger partial charge in [-0.25, -0.2) is 0 Å². The zero-order valence-corrected chi connectivity index (χ0v) is 12.8. The molecule has 0 aromatic heterocycles. The number of ether oxygens (including phenoxy) is 1. The fourth-order valence-corrected chi connectivity index (χ4v) is 2.41. The number of aliphatic imine (C=N–C) groups is 1. The number of hydrogen-bond donors (Lipinski definition) is 1. The summed E-state index contributed by atoms with van der Waals surface area (Å²) >= 11 is 0. The van der Waals surface area contributed by atoms with Crippen LogP contribution in [0.2, 0.25) is 0 Å². The second-order valence-electron chi connectivity index (χ2n) is 6.56. The molecule has 1 saturated carbocycles. The molecule has 0 aliphatic heterocycles. The molecule has 0 bridgehead atoms. The van der Waals surface area contributed by atoms with Gasteiger partial charge in [0.25, 0.3) is 0 Å². The second kappa shape index (κ2) is 6.04. The van der Waals surface area contributed by atoms with Crippen LogP contribution in [0, 0.1) is 11.3 Å². The Morgan fingerprint density at radius 3 is 2.47 bits per heavy atom. The lowest BCUT2D eigenvalue weighted by Crippen LogP contribution is -2.41. The number of aliphatic hydroxyl groups is 1. The highest BCUT2D eigenvalue weighted by Gasteiger charge is 2.40.